The molecule has 1 N–H and O–H groups in total. The first kappa shape index (κ1) is 22.2. The number of nitrogens with one attached hydrogen (secondary N) is 1. The summed E-state index contributed by atoms with van der Waals surface area (Å²) in [5.41, 5.74) is 1.76. The Bertz CT molecular complexity index is 1140. The first-order valence-electron chi connectivity index (χ1n) is 11.5. The van der Waals surface area contributed by atoms with Crippen LogP contribution >= 0.6 is 0 Å². The van der Waals surface area contributed by atoms with Crippen LogP contribution in [0.3, 0.4) is 0 Å². The van der Waals surface area contributed by atoms with Gasteiger partial charge in [0.15, 0.2) is 0 Å². The van der Waals surface area contributed by atoms with Crippen molar-refractivity contribution in [3.8, 4) is 0 Å². The fourth-order valence-corrected chi connectivity index (χ4v) is 4.68. The lowest BCUT2D eigenvalue weighted by atomic mass is 9.83. The summed E-state index contributed by atoms with van der Waals surface area (Å²) in [4.78, 5) is 27.9. The molecule has 1 aliphatic heterocycles. The molecular weight excluding hydrogens is 400 g/mol. The largest absolute Gasteiger partial charge is 0.324 e. The van der Waals surface area contributed by atoms with Gasteiger partial charge in [0.2, 0.25) is 5.91 Å². The molecule has 0 spiro atoms. The molecule has 1 aliphatic rings. The van der Waals surface area contributed by atoms with Crippen molar-refractivity contribution in [3.63, 3.8) is 0 Å². The lowest BCUT2D eigenvalue weighted by Gasteiger charge is -2.34. The summed E-state index contributed by atoms with van der Waals surface area (Å²) in [5, 5.41) is 8.45. The molecule has 2 aromatic carbocycles. The summed E-state index contributed by atoms with van der Waals surface area (Å²) in [6.07, 6.45) is 5.15. The van der Waals surface area contributed by atoms with Gasteiger partial charge in [-0.05, 0) is 75.4 Å². The van der Waals surface area contributed by atoms with E-state index in [0.717, 1.165) is 29.3 Å². The Balaban J connectivity index is 1.36. The van der Waals surface area contributed by atoms with E-state index in [4.69, 9.17) is 0 Å². The summed E-state index contributed by atoms with van der Waals surface area (Å²) in [6, 6.07) is 14.6. The van der Waals surface area contributed by atoms with Crippen molar-refractivity contribution in [2.45, 2.75) is 39.2 Å². The highest BCUT2D eigenvalue weighted by Gasteiger charge is 2.23. The smallest absolute Gasteiger partial charge is 0.275 e. The highest BCUT2D eigenvalue weighted by molar-refractivity contribution is 5.93. The van der Waals surface area contributed by atoms with E-state index in [1.165, 1.54) is 36.2 Å². The number of hydrogen-bond donors (Lipinski definition) is 1. The lowest BCUT2D eigenvalue weighted by molar-refractivity contribution is -0.119. The molecule has 1 saturated heterocycles. The number of hydrogen-bond acceptors (Lipinski definition) is 4. The van der Waals surface area contributed by atoms with E-state index in [9.17, 15) is 9.59 Å². The number of carbonyl (C=O) groups is 1. The van der Waals surface area contributed by atoms with Crippen molar-refractivity contribution < 1.29 is 4.79 Å². The van der Waals surface area contributed by atoms with Gasteiger partial charge in [-0.2, -0.15) is 5.10 Å². The van der Waals surface area contributed by atoms with Crippen LogP contribution in [0, 0.1) is 11.8 Å². The Morgan fingerprint density at radius 1 is 1.19 bits per heavy atom. The standard InChI is InChI=1S/C26H32N4O2/c1-18-17-29(3)15-14-21(18)11-8-20-9-12-23(13-10-20)28-25(31)19(2)30-26(32)24-7-5-4-6-22(24)16-27-30/h4-7,9-10,12-13,16,18-19,21H,8,11,14-15,17H2,1-3H3,(H,28,31)/t18-,19-,21+/m1/s1. The number of benzene rings is 2. The van der Waals surface area contributed by atoms with Crippen molar-refractivity contribution in [1.29, 1.82) is 0 Å². The van der Waals surface area contributed by atoms with E-state index in [1.807, 2.05) is 30.3 Å². The highest BCUT2D eigenvalue weighted by atomic mass is 16.2. The van der Waals surface area contributed by atoms with Crippen LogP contribution in [-0.2, 0) is 11.2 Å². The van der Waals surface area contributed by atoms with E-state index in [2.05, 4.69) is 41.4 Å². The minimum atomic E-state index is -0.710. The number of nitrogens with zero attached hydrogens (tertiary/aromatic N) is 3. The first-order chi connectivity index (χ1) is 15.4. The van der Waals surface area contributed by atoms with Gasteiger partial charge in [-0.15, -0.1) is 0 Å². The van der Waals surface area contributed by atoms with Gasteiger partial charge in [0.05, 0.1) is 11.6 Å². The third-order valence-corrected chi connectivity index (χ3v) is 6.78. The van der Waals surface area contributed by atoms with Crippen molar-refractivity contribution >= 4 is 22.4 Å². The zero-order chi connectivity index (χ0) is 22.7. The van der Waals surface area contributed by atoms with Crippen LogP contribution in [0.5, 0.6) is 0 Å². The van der Waals surface area contributed by atoms with Crippen molar-refractivity contribution in [2.24, 2.45) is 11.8 Å². The van der Waals surface area contributed by atoms with Gasteiger partial charge in [-0.25, -0.2) is 4.68 Å². The molecule has 6 heteroatoms. The Kier molecular flexibility index (Phi) is 6.70. The van der Waals surface area contributed by atoms with E-state index >= 15 is 0 Å². The minimum Gasteiger partial charge on any atom is -0.324 e. The third kappa shape index (κ3) is 4.91. The van der Waals surface area contributed by atoms with Crippen LogP contribution in [0.4, 0.5) is 5.69 Å². The number of carbonyl (C=O) groups excluding carboxylic acids is 1. The monoisotopic (exact) mass is 432 g/mol. The SMILES string of the molecule is C[C@@H]1CN(C)CC[C@@H]1CCc1ccc(NC(=O)[C@@H](C)n2ncc3ccccc3c2=O)cc1. The average Bonchev–Trinajstić information content (AvgIpc) is 2.79. The predicted octanol–water partition coefficient (Wildman–Crippen LogP) is 4.12. The average molecular weight is 433 g/mol. The molecule has 32 heavy (non-hydrogen) atoms. The third-order valence-electron chi connectivity index (χ3n) is 6.78. The maximum absolute atomic E-state index is 12.8. The van der Waals surface area contributed by atoms with Gasteiger partial charge < -0.3 is 10.2 Å². The molecule has 1 fully saturated rings. The minimum absolute atomic E-state index is 0.260. The fraction of sp³-hybridized carbons (Fsp3) is 0.423. The molecule has 0 bridgehead atoms. The Morgan fingerprint density at radius 3 is 2.69 bits per heavy atom. The van der Waals surface area contributed by atoms with Crippen LogP contribution in [0.25, 0.3) is 10.8 Å². The van der Waals surface area contributed by atoms with E-state index in [1.54, 1.807) is 19.2 Å². The summed E-state index contributed by atoms with van der Waals surface area (Å²) in [7, 11) is 2.20. The van der Waals surface area contributed by atoms with Gasteiger partial charge >= 0.3 is 0 Å². The zero-order valence-electron chi connectivity index (χ0n) is 19.1. The fourth-order valence-electron chi connectivity index (χ4n) is 4.68. The van der Waals surface area contributed by atoms with Crippen molar-refractivity contribution in [1.82, 2.24) is 14.7 Å². The molecule has 1 aromatic heterocycles. The lowest BCUT2D eigenvalue weighted by Crippen LogP contribution is -2.36. The molecule has 0 saturated carbocycles. The summed E-state index contributed by atoms with van der Waals surface area (Å²) >= 11 is 0. The molecule has 2 heterocycles. The van der Waals surface area contributed by atoms with Gasteiger partial charge in [0.1, 0.15) is 6.04 Å². The number of piperidine rings is 1. The zero-order valence-corrected chi connectivity index (χ0v) is 19.1. The quantitative estimate of drug-likeness (QED) is 0.636. The van der Waals surface area contributed by atoms with E-state index in [-0.39, 0.29) is 11.5 Å². The maximum atomic E-state index is 12.8. The Morgan fingerprint density at radius 2 is 1.94 bits per heavy atom. The molecule has 3 aromatic rings. The second-order valence-electron chi connectivity index (χ2n) is 9.17. The Hall–Kier alpha value is -2.99. The van der Waals surface area contributed by atoms with Crippen molar-refractivity contribution in [3.05, 3.63) is 70.6 Å². The first-order valence-corrected chi connectivity index (χ1v) is 11.5. The molecule has 168 valence electrons. The van der Waals surface area contributed by atoms with E-state index in [0.29, 0.717) is 5.39 Å². The number of aryl methyl sites for hydroxylation is 1. The van der Waals surface area contributed by atoms with Gasteiger partial charge in [-0.3, -0.25) is 9.59 Å². The van der Waals surface area contributed by atoms with Gasteiger partial charge in [0, 0.05) is 17.6 Å². The number of likely N-dealkylation sites (tertiary alicyclic amines) is 1. The molecule has 6 nitrogen and oxygen atoms in total. The number of fused-ring (bicyclic) bond motifs is 1. The number of rotatable bonds is 6. The molecule has 4 rings (SSSR count). The Labute approximate surface area is 189 Å². The normalized spacial score (nSPS) is 20.2. The van der Waals surface area contributed by atoms with Crippen LogP contribution in [0.15, 0.2) is 59.5 Å². The van der Waals surface area contributed by atoms with Crippen LogP contribution in [0.2, 0.25) is 0 Å². The summed E-state index contributed by atoms with van der Waals surface area (Å²) in [5.74, 6) is 1.25. The molecule has 3 atom stereocenters. The molecule has 0 aliphatic carbocycles. The van der Waals surface area contributed by atoms with Gasteiger partial charge in [-0.1, -0.05) is 37.3 Å². The van der Waals surface area contributed by atoms with Gasteiger partial charge in [0.25, 0.3) is 5.56 Å². The molecule has 0 unspecified atom stereocenters. The maximum Gasteiger partial charge on any atom is 0.275 e. The second kappa shape index (κ2) is 9.65. The predicted molar refractivity (Wildman–Crippen MR) is 129 cm³/mol. The summed E-state index contributed by atoms with van der Waals surface area (Å²) in [6.45, 7) is 6.42. The molecule has 0 radical (unpaired) electrons. The van der Waals surface area contributed by atoms with Crippen LogP contribution in [-0.4, -0.2) is 40.7 Å². The van der Waals surface area contributed by atoms with E-state index < -0.39 is 6.04 Å². The second-order valence-corrected chi connectivity index (χ2v) is 9.17. The topological polar surface area (TPSA) is 67.2 Å². The summed E-state index contributed by atoms with van der Waals surface area (Å²) < 4.78 is 1.24. The van der Waals surface area contributed by atoms with Crippen molar-refractivity contribution in [2.75, 3.05) is 25.5 Å². The number of anilines is 1. The van der Waals surface area contributed by atoms with Crippen LogP contribution in [0.1, 0.15) is 38.3 Å². The van der Waals surface area contributed by atoms with Crippen LogP contribution < -0.4 is 10.9 Å². The molecular formula is C26H32N4O2. The molecule has 1 amide bonds. The number of amides is 1. The number of aromatic nitrogens is 2. The highest BCUT2D eigenvalue weighted by Crippen LogP contribution is 2.27.